The summed E-state index contributed by atoms with van der Waals surface area (Å²) in [5, 5.41) is 1.13. The molecule has 2 aromatic rings. The molecule has 0 amide bonds. The van der Waals surface area contributed by atoms with E-state index in [-0.39, 0.29) is 0 Å². The standard InChI is InChI=1S/C14H18O2Si/c1-10-12-8-6-7-9-13(12)15-14(10)11(2)16-17(3,4)5/h6-9H,2H2,1,3-5H3. The van der Waals surface area contributed by atoms with E-state index in [0.717, 1.165) is 22.3 Å². The topological polar surface area (TPSA) is 22.4 Å². The zero-order valence-corrected chi connectivity index (χ0v) is 11.8. The largest absolute Gasteiger partial charge is 0.542 e. The van der Waals surface area contributed by atoms with Gasteiger partial charge in [0.05, 0.1) is 0 Å². The van der Waals surface area contributed by atoms with Crippen LogP contribution in [-0.4, -0.2) is 8.32 Å². The number of aryl methyl sites for hydroxylation is 1. The van der Waals surface area contributed by atoms with E-state index < -0.39 is 8.32 Å². The Labute approximate surface area is 103 Å². The van der Waals surface area contributed by atoms with E-state index >= 15 is 0 Å². The van der Waals surface area contributed by atoms with Crippen molar-refractivity contribution in [3.63, 3.8) is 0 Å². The predicted octanol–water partition coefficient (Wildman–Crippen LogP) is 4.56. The summed E-state index contributed by atoms with van der Waals surface area (Å²) >= 11 is 0. The van der Waals surface area contributed by atoms with E-state index in [1.54, 1.807) is 0 Å². The monoisotopic (exact) mass is 246 g/mol. The maximum atomic E-state index is 5.88. The summed E-state index contributed by atoms with van der Waals surface area (Å²) in [6, 6.07) is 8.00. The number of para-hydroxylation sites is 1. The van der Waals surface area contributed by atoms with Gasteiger partial charge in [0, 0.05) is 10.9 Å². The van der Waals surface area contributed by atoms with Crippen LogP contribution in [0.4, 0.5) is 0 Å². The number of hydrogen-bond donors (Lipinski definition) is 0. The molecule has 90 valence electrons. The van der Waals surface area contributed by atoms with Gasteiger partial charge in [0.2, 0.25) is 8.32 Å². The van der Waals surface area contributed by atoms with Crippen LogP contribution in [0.15, 0.2) is 35.3 Å². The van der Waals surface area contributed by atoms with Crippen LogP contribution >= 0.6 is 0 Å². The van der Waals surface area contributed by atoms with Gasteiger partial charge in [-0.3, -0.25) is 0 Å². The summed E-state index contributed by atoms with van der Waals surface area (Å²) in [6.45, 7) is 12.4. The van der Waals surface area contributed by atoms with Crippen molar-refractivity contribution >= 4 is 25.0 Å². The third kappa shape index (κ3) is 2.44. The van der Waals surface area contributed by atoms with Crippen LogP contribution < -0.4 is 0 Å². The van der Waals surface area contributed by atoms with Gasteiger partial charge >= 0.3 is 0 Å². The first-order chi connectivity index (χ1) is 7.88. The van der Waals surface area contributed by atoms with Gasteiger partial charge in [-0.25, -0.2) is 0 Å². The molecule has 2 nitrogen and oxygen atoms in total. The van der Waals surface area contributed by atoms with E-state index in [1.807, 2.05) is 25.1 Å². The van der Waals surface area contributed by atoms with E-state index in [9.17, 15) is 0 Å². The summed E-state index contributed by atoms with van der Waals surface area (Å²) in [6.07, 6.45) is 0. The van der Waals surface area contributed by atoms with Crippen LogP contribution in [0.25, 0.3) is 16.7 Å². The van der Waals surface area contributed by atoms with Crippen molar-refractivity contribution in [1.82, 2.24) is 0 Å². The molecule has 0 atom stereocenters. The van der Waals surface area contributed by atoms with Crippen LogP contribution in [0, 0.1) is 6.92 Å². The smallest absolute Gasteiger partial charge is 0.242 e. The minimum absolute atomic E-state index is 0.651. The fraction of sp³-hybridized carbons (Fsp3) is 0.286. The maximum Gasteiger partial charge on any atom is 0.242 e. The van der Waals surface area contributed by atoms with Crippen molar-refractivity contribution in [1.29, 1.82) is 0 Å². The molecule has 0 saturated heterocycles. The van der Waals surface area contributed by atoms with E-state index in [4.69, 9.17) is 8.84 Å². The lowest BCUT2D eigenvalue weighted by Crippen LogP contribution is -2.24. The summed E-state index contributed by atoms with van der Waals surface area (Å²) < 4.78 is 11.7. The van der Waals surface area contributed by atoms with Gasteiger partial charge in [-0.05, 0) is 32.6 Å². The zero-order chi connectivity index (χ0) is 12.6. The van der Waals surface area contributed by atoms with Gasteiger partial charge < -0.3 is 8.84 Å². The molecule has 0 aliphatic heterocycles. The van der Waals surface area contributed by atoms with Crippen molar-refractivity contribution in [3.05, 3.63) is 42.2 Å². The molecule has 1 heterocycles. The van der Waals surface area contributed by atoms with Gasteiger partial charge in [-0.2, -0.15) is 0 Å². The quantitative estimate of drug-likeness (QED) is 0.585. The fourth-order valence-corrected chi connectivity index (χ4v) is 2.69. The minimum atomic E-state index is -1.63. The minimum Gasteiger partial charge on any atom is -0.542 e. The Morgan fingerprint density at radius 1 is 1.24 bits per heavy atom. The van der Waals surface area contributed by atoms with Gasteiger partial charge in [-0.1, -0.05) is 24.8 Å². The van der Waals surface area contributed by atoms with Gasteiger partial charge in [0.25, 0.3) is 0 Å². The lowest BCUT2D eigenvalue weighted by Gasteiger charge is -2.19. The van der Waals surface area contributed by atoms with Crippen LogP contribution in [0.5, 0.6) is 0 Å². The van der Waals surface area contributed by atoms with Crippen molar-refractivity contribution in [2.75, 3.05) is 0 Å². The molecule has 0 unspecified atom stereocenters. The lowest BCUT2D eigenvalue weighted by molar-refractivity contribution is 0.476. The summed E-state index contributed by atoms with van der Waals surface area (Å²) in [5.41, 5.74) is 1.99. The molecule has 0 saturated carbocycles. The number of fused-ring (bicyclic) bond motifs is 1. The highest BCUT2D eigenvalue weighted by atomic mass is 28.4. The molecular weight excluding hydrogens is 228 g/mol. The first-order valence-electron chi connectivity index (χ1n) is 5.75. The molecule has 3 heteroatoms. The maximum absolute atomic E-state index is 5.88. The molecule has 2 rings (SSSR count). The lowest BCUT2D eigenvalue weighted by atomic mass is 10.1. The highest BCUT2D eigenvalue weighted by Crippen LogP contribution is 2.30. The van der Waals surface area contributed by atoms with Crippen LogP contribution in [0.1, 0.15) is 11.3 Å². The Morgan fingerprint density at radius 3 is 2.47 bits per heavy atom. The van der Waals surface area contributed by atoms with Crippen LogP contribution in [0.2, 0.25) is 19.6 Å². The zero-order valence-electron chi connectivity index (χ0n) is 10.8. The Morgan fingerprint density at radius 2 is 1.88 bits per heavy atom. The molecule has 0 aliphatic rings. The van der Waals surface area contributed by atoms with Gasteiger partial charge in [0.15, 0.2) is 5.76 Å². The Bertz CT molecular complexity index is 561. The highest BCUT2D eigenvalue weighted by molar-refractivity contribution is 6.70. The summed E-state index contributed by atoms with van der Waals surface area (Å²) in [5.74, 6) is 1.42. The number of benzene rings is 1. The second-order valence-corrected chi connectivity index (χ2v) is 9.62. The third-order valence-electron chi connectivity index (χ3n) is 2.53. The molecule has 1 aromatic heterocycles. The van der Waals surface area contributed by atoms with Crippen LogP contribution in [-0.2, 0) is 4.43 Å². The van der Waals surface area contributed by atoms with Gasteiger partial charge in [0.1, 0.15) is 11.3 Å². The van der Waals surface area contributed by atoms with Crippen molar-refractivity contribution in [2.45, 2.75) is 26.6 Å². The summed E-state index contributed by atoms with van der Waals surface area (Å²) in [4.78, 5) is 0. The Hall–Kier alpha value is -1.48. The number of rotatable bonds is 3. The SMILES string of the molecule is C=C(O[Si](C)(C)C)c1oc2ccccc2c1C. The first-order valence-corrected chi connectivity index (χ1v) is 9.16. The number of furan rings is 1. The molecule has 1 aromatic carbocycles. The first kappa shape index (κ1) is 12.0. The van der Waals surface area contributed by atoms with E-state index in [2.05, 4.69) is 32.3 Å². The van der Waals surface area contributed by atoms with E-state index in [0.29, 0.717) is 5.76 Å². The molecule has 0 radical (unpaired) electrons. The van der Waals surface area contributed by atoms with Crippen molar-refractivity contribution < 1.29 is 8.84 Å². The molecular formula is C14H18O2Si. The Kier molecular flexibility index (Phi) is 2.87. The fourth-order valence-electron chi connectivity index (χ4n) is 1.86. The van der Waals surface area contributed by atoms with Crippen molar-refractivity contribution in [3.8, 4) is 0 Å². The second-order valence-electron chi connectivity index (χ2n) is 5.19. The van der Waals surface area contributed by atoms with E-state index in [1.165, 1.54) is 0 Å². The molecule has 0 N–H and O–H groups in total. The normalized spacial score (nSPS) is 11.8. The van der Waals surface area contributed by atoms with Gasteiger partial charge in [-0.15, -0.1) is 0 Å². The molecule has 0 aliphatic carbocycles. The highest BCUT2D eigenvalue weighted by Gasteiger charge is 2.21. The second kappa shape index (κ2) is 4.07. The van der Waals surface area contributed by atoms with Crippen LogP contribution in [0.3, 0.4) is 0 Å². The predicted molar refractivity (Wildman–Crippen MR) is 74.4 cm³/mol. The molecule has 0 bridgehead atoms. The van der Waals surface area contributed by atoms with Crippen molar-refractivity contribution in [2.24, 2.45) is 0 Å². The Balaban J connectivity index is 2.43. The molecule has 17 heavy (non-hydrogen) atoms. The molecule has 0 fully saturated rings. The molecule has 0 spiro atoms. The average molecular weight is 246 g/mol. The number of hydrogen-bond acceptors (Lipinski definition) is 2. The third-order valence-corrected chi connectivity index (χ3v) is 3.39. The average Bonchev–Trinajstić information content (AvgIpc) is 2.55. The summed E-state index contributed by atoms with van der Waals surface area (Å²) in [7, 11) is -1.63.